The number of hydrogen-bond acceptors (Lipinski definition) is 4. The Hall–Kier alpha value is -2.34. The second-order valence-electron chi connectivity index (χ2n) is 6.99. The summed E-state index contributed by atoms with van der Waals surface area (Å²) >= 11 is 0. The summed E-state index contributed by atoms with van der Waals surface area (Å²) in [5.41, 5.74) is 0.653. The normalized spacial score (nSPS) is 20.1. The summed E-state index contributed by atoms with van der Waals surface area (Å²) in [5.74, 6) is 0.859. The van der Waals surface area contributed by atoms with Gasteiger partial charge >= 0.3 is 0 Å². The highest BCUT2D eigenvalue weighted by Crippen LogP contribution is 2.23. The smallest absolute Gasteiger partial charge is 0.248 e. The highest BCUT2D eigenvalue weighted by atomic mass is 16.5. The molecule has 140 valence electrons. The molecule has 2 aromatic rings. The lowest BCUT2D eigenvalue weighted by molar-refractivity contribution is -0.133. The van der Waals surface area contributed by atoms with Gasteiger partial charge in [0.1, 0.15) is 5.75 Å². The number of ether oxygens (including phenoxy) is 1. The van der Waals surface area contributed by atoms with Crippen LogP contribution in [0.15, 0.2) is 35.1 Å². The average molecular weight is 358 g/mol. The summed E-state index contributed by atoms with van der Waals surface area (Å²) in [6, 6.07) is 9.02. The molecule has 6 nitrogen and oxygen atoms in total. The van der Waals surface area contributed by atoms with E-state index in [1.807, 2.05) is 30.1 Å². The molecule has 6 heteroatoms. The Labute approximate surface area is 152 Å². The molecule has 0 saturated heterocycles. The molecular weight excluding hydrogens is 332 g/mol. The van der Waals surface area contributed by atoms with Crippen LogP contribution in [0.3, 0.4) is 0 Å². The maximum atomic E-state index is 12.3. The minimum Gasteiger partial charge on any atom is -0.494 e. The number of benzene rings is 1. The zero-order valence-electron chi connectivity index (χ0n) is 15.1. The number of aliphatic hydroxyl groups excluding tert-OH is 1. The Morgan fingerprint density at radius 3 is 2.77 bits per heavy atom. The van der Waals surface area contributed by atoms with Crippen molar-refractivity contribution in [3.8, 4) is 5.75 Å². The first-order valence-corrected chi connectivity index (χ1v) is 9.22. The molecule has 0 spiro atoms. The van der Waals surface area contributed by atoms with Crippen LogP contribution >= 0.6 is 0 Å². The number of carbonyl (C=O) groups excluding carboxylic acids is 1. The number of carbonyl (C=O) groups is 1. The summed E-state index contributed by atoms with van der Waals surface area (Å²) in [6.07, 6.45) is 4.21. The third-order valence-electron chi connectivity index (χ3n) is 5.11. The number of pyridine rings is 1. The Kier molecular flexibility index (Phi) is 5.93. The lowest BCUT2D eigenvalue weighted by atomic mass is 9.92. The van der Waals surface area contributed by atoms with Crippen LogP contribution in [0.2, 0.25) is 0 Å². The minimum atomic E-state index is -0.206. The number of aliphatic hydroxyl groups is 1. The van der Waals surface area contributed by atoms with Gasteiger partial charge in [0, 0.05) is 36.5 Å². The molecule has 1 heterocycles. The molecule has 0 bridgehead atoms. The van der Waals surface area contributed by atoms with Crippen molar-refractivity contribution in [2.45, 2.75) is 50.7 Å². The monoisotopic (exact) mass is 358 g/mol. The number of nitrogens with one attached hydrogen (secondary N) is 1. The van der Waals surface area contributed by atoms with Gasteiger partial charge in [0.05, 0.1) is 12.7 Å². The fraction of sp³-hybridized carbons (Fsp3) is 0.500. The van der Waals surface area contributed by atoms with Crippen LogP contribution in [-0.2, 0) is 4.79 Å². The topological polar surface area (TPSA) is 82.6 Å². The summed E-state index contributed by atoms with van der Waals surface area (Å²) < 4.78 is 5.74. The van der Waals surface area contributed by atoms with Gasteiger partial charge in [-0.1, -0.05) is 0 Å². The van der Waals surface area contributed by atoms with E-state index >= 15 is 0 Å². The predicted octanol–water partition coefficient (Wildman–Crippen LogP) is 2.45. The first-order valence-electron chi connectivity index (χ1n) is 9.22. The maximum absolute atomic E-state index is 12.3. The molecule has 0 aliphatic heterocycles. The molecule has 26 heavy (non-hydrogen) atoms. The molecule has 1 aromatic heterocycles. The average Bonchev–Trinajstić information content (AvgIpc) is 2.65. The van der Waals surface area contributed by atoms with E-state index in [2.05, 4.69) is 4.98 Å². The van der Waals surface area contributed by atoms with Crippen molar-refractivity contribution in [1.82, 2.24) is 9.88 Å². The van der Waals surface area contributed by atoms with Gasteiger partial charge in [0.2, 0.25) is 11.5 Å². The number of H-pyrrole nitrogens is 1. The maximum Gasteiger partial charge on any atom is 0.248 e. The van der Waals surface area contributed by atoms with Gasteiger partial charge < -0.3 is 19.7 Å². The van der Waals surface area contributed by atoms with Crippen molar-refractivity contribution < 1.29 is 14.6 Å². The summed E-state index contributed by atoms with van der Waals surface area (Å²) in [6.45, 7) is 0.470. The molecule has 2 N–H and O–H groups in total. The molecule has 3 rings (SSSR count). The molecular formula is C20H26N2O4. The van der Waals surface area contributed by atoms with Crippen molar-refractivity contribution in [2.24, 2.45) is 0 Å². The van der Waals surface area contributed by atoms with E-state index < -0.39 is 0 Å². The van der Waals surface area contributed by atoms with E-state index in [0.29, 0.717) is 19.4 Å². The Morgan fingerprint density at radius 2 is 2.00 bits per heavy atom. The zero-order valence-corrected chi connectivity index (χ0v) is 15.1. The third-order valence-corrected chi connectivity index (χ3v) is 5.11. The lowest BCUT2D eigenvalue weighted by Gasteiger charge is -2.33. The van der Waals surface area contributed by atoms with Gasteiger partial charge in [-0.3, -0.25) is 9.59 Å². The largest absolute Gasteiger partial charge is 0.494 e. The van der Waals surface area contributed by atoms with Crippen LogP contribution in [0.5, 0.6) is 5.75 Å². The SMILES string of the molecule is CN(C(=O)CCCOc1ccc2[nH]c(=O)ccc2c1)C1CCC(O)CC1. The van der Waals surface area contributed by atoms with Crippen molar-refractivity contribution in [1.29, 1.82) is 0 Å². The molecule has 1 aliphatic rings. The lowest BCUT2D eigenvalue weighted by Crippen LogP contribution is -2.40. The van der Waals surface area contributed by atoms with Gasteiger partial charge in [-0.25, -0.2) is 0 Å². The first kappa shape index (κ1) is 18.5. The summed E-state index contributed by atoms with van der Waals surface area (Å²) in [5, 5.41) is 10.5. The fourth-order valence-electron chi connectivity index (χ4n) is 3.46. The molecule has 1 aromatic carbocycles. The number of fused-ring (bicyclic) bond motifs is 1. The number of aromatic nitrogens is 1. The predicted molar refractivity (Wildman–Crippen MR) is 100 cm³/mol. The molecule has 0 unspecified atom stereocenters. The number of nitrogens with zero attached hydrogens (tertiary/aromatic N) is 1. The number of aromatic amines is 1. The summed E-state index contributed by atoms with van der Waals surface area (Å²) in [4.78, 5) is 28.2. The van der Waals surface area contributed by atoms with Crippen LogP contribution in [0.4, 0.5) is 0 Å². The molecule has 0 atom stereocenters. The van der Waals surface area contributed by atoms with Crippen molar-refractivity contribution in [3.63, 3.8) is 0 Å². The van der Waals surface area contributed by atoms with Gasteiger partial charge in [0.15, 0.2) is 0 Å². The van der Waals surface area contributed by atoms with E-state index in [9.17, 15) is 14.7 Å². The highest BCUT2D eigenvalue weighted by molar-refractivity contribution is 5.79. The van der Waals surface area contributed by atoms with Crippen molar-refractivity contribution >= 4 is 16.8 Å². The second kappa shape index (κ2) is 8.36. The first-order chi connectivity index (χ1) is 12.5. The molecule has 1 fully saturated rings. The van der Waals surface area contributed by atoms with Gasteiger partial charge in [-0.2, -0.15) is 0 Å². The zero-order chi connectivity index (χ0) is 18.5. The molecule has 1 amide bonds. The van der Waals surface area contributed by atoms with Crippen molar-refractivity contribution in [3.05, 3.63) is 40.7 Å². The van der Waals surface area contributed by atoms with Gasteiger partial charge in [0.25, 0.3) is 0 Å². The third kappa shape index (κ3) is 4.64. The van der Waals surface area contributed by atoms with Crippen LogP contribution in [0.1, 0.15) is 38.5 Å². The molecule has 0 radical (unpaired) electrons. The van der Waals surface area contributed by atoms with E-state index in [4.69, 9.17) is 4.74 Å². The highest BCUT2D eigenvalue weighted by Gasteiger charge is 2.25. The Balaban J connectivity index is 1.44. The van der Waals surface area contributed by atoms with E-state index in [1.165, 1.54) is 6.07 Å². The van der Waals surface area contributed by atoms with Crippen LogP contribution in [0.25, 0.3) is 10.9 Å². The number of hydrogen-bond donors (Lipinski definition) is 2. The van der Waals surface area contributed by atoms with Crippen molar-refractivity contribution in [2.75, 3.05) is 13.7 Å². The fourth-order valence-corrected chi connectivity index (χ4v) is 3.46. The van der Waals surface area contributed by atoms with Crippen LogP contribution in [-0.4, -0.2) is 46.7 Å². The minimum absolute atomic E-state index is 0.124. The van der Waals surface area contributed by atoms with Crippen LogP contribution in [0, 0.1) is 0 Å². The Morgan fingerprint density at radius 1 is 1.23 bits per heavy atom. The van der Waals surface area contributed by atoms with E-state index in [1.54, 1.807) is 6.07 Å². The summed E-state index contributed by atoms with van der Waals surface area (Å²) in [7, 11) is 1.86. The van der Waals surface area contributed by atoms with E-state index in [0.717, 1.165) is 42.3 Å². The standard InChI is InChI=1S/C20H26N2O4/c1-22(15-5-7-16(23)8-6-15)20(25)3-2-12-26-17-9-10-18-14(13-17)4-11-19(24)21-18/h4,9-11,13,15-16,23H,2-3,5-8,12H2,1H3,(H,21,24). The van der Waals surface area contributed by atoms with Gasteiger partial charge in [-0.05, 0) is 56.4 Å². The number of rotatable bonds is 6. The Bertz CT molecular complexity index is 809. The molecule has 1 aliphatic carbocycles. The molecule has 1 saturated carbocycles. The van der Waals surface area contributed by atoms with Crippen LogP contribution < -0.4 is 10.3 Å². The van der Waals surface area contributed by atoms with E-state index in [-0.39, 0.29) is 23.6 Å². The second-order valence-corrected chi connectivity index (χ2v) is 6.99. The number of amides is 1. The quantitative estimate of drug-likeness (QED) is 0.777. The van der Waals surface area contributed by atoms with Gasteiger partial charge in [-0.15, -0.1) is 0 Å².